The summed E-state index contributed by atoms with van der Waals surface area (Å²) in [6.07, 6.45) is 1.17. The highest BCUT2D eigenvalue weighted by Gasteiger charge is 2.21. The summed E-state index contributed by atoms with van der Waals surface area (Å²) in [7, 11) is -3.34. The van der Waals surface area contributed by atoms with E-state index in [4.69, 9.17) is 5.73 Å². The first kappa shape index (κ1) is 22.2. The minimum atomic E-state index is -3.34. The summed E-state index contributed by atoms with van der Waals surface area (Å²) in [5.41, 5.74) is 9.43. The Labute approximate surface area is 161 Å². The first-order chi connectivity index (χ1) is 11.6. The predicted octanol–water partition coefficient (Wildman–Crippen LogP) is 2.68. The van der Waals surface area contributed by atoms with Crippen LogP contribution in [0, 0.1) is 13.8 Å². The van der Waals surface area contributed by atoms with Gasteiger partial charge in [-0.05, 0) is 49.6 Å². The van der Waals surface area contributed by atoms with Crippen LogP contribution >= 0.6 is 12.4 Å². The van der Waals surface area contributed by atoms with Crippen LogP contribution in [0.2, 0.25) is 0 Å². The van der Waals surface area contributed by atoms with Crippen molar-refractivity contribution in [3.8, 4) is 0 Å². The molecule has 26 heavy (non-hydrogen) atoms. The average molecular weight is 397 g/mol. The van der Waals surface area contributed by atoms with Crippen molar-refractivity contribution >= 4 is 28.2 Å². The van der Waals surface area contributed by atoms with Gasteiger partial charge in [0.2, 0.25) is 5.91 Å². The number of aryl methyl sites for hydroxylation is 2. The fraction of sp³-hybridized carbons (Fsp3) is 0.316. The van der Waals surface area contributed by atoms with E-state index in [2.05, 4.69) is 5.32 Å². The molecule has 0 aliphatic heterocycles. The number of carbonyl (C=O) groups excluding carboxylic acids is 1. The number of rotatable bonds is 5. The summed E-state index contributed by atoms with van der Waals surface area (Å²) in [6.45, 7) is 5.58. The van der Waals surface area contributed by atoms with E-state index < -0.39 is 21.9 Å². The predicted molar refractivity (Wildman–Crippen MR) is 106 cm³/mol. The Morgan fingerprint density at radius 1 is 1.12 bits per heavy atom. The summed E-state index contributed by atoms with van der Waals surface area (Å²) in [4.78, 5) is 12.4. The molecule has 0 saturated carbocycles. The maximum absolute atomic E-state index is 12.2. The third kappa shape index (κ3) is 5.30. The van der Waals surface area contributed by atoms with Crippen molar-refractivity contribution in [1.29, 1.82) is 0 Å². The van der Waals surface area contributed by atoms with Crippen LogP contribution in [0.4, 0.5) is 0 Å². The summed E-state index contributed by atoms with van der Waals surface area (Å²) >= 11 is 0. The lowest BCUT2D eigenvalue weighted by atomic mass is 9.93. The lowest BCUT2D eigenvalue weighted by Crippen LogP contribution is -2.40. The molecule has 0 aliphatic rings. The molecule has 0 spiro atoms. The van der Waals surface area contributed by atoms with Gasteiger partial charge in [0, 0.05) is 6.26 Å². The van der Waals surface area contributed by atoms with Crippen LogP contribution < -0.4 is 11.1 Å². The van der Waals surface area contributed by atoms with Gasteiger partial charge >= 0.3 is 0 Å². The first-order valence-electron chi connectivity index (χ1n) is 8.02. The highest BCUT2D eigenvalue weighted by Crippen LogP contribution is 2.27. The Morgan fingerprint density at radius 2 is 1.77 bits per heavy atom. The molecule has 1 amide bonds. The summed E-state index contributed by atoms with van der Waals surface area (Å²) in [5, 5.41) is 2.93. The van der Waals surface area contributed by atoms with Gasteiger partial charge in [0.25, 0.3) is 0 Å². The molecule has 0 aromatic heterocycles. The van der Waals surface area contributed by atoms with E-state index in [1.165, 1.54) is 6.26 Å². The van der Waals surface area contributed by atoms with Gasteiger partial charge in [0.15, 0.2) is 9.84 Å². The van der Waals surface area contributed by atoms with Crippen LogP contribution in [-0.4, -0.2) is 26.6 Å². The molecule has 142 valence electrons. The Balaban J connectivity index is 0.00000338. The Morgan fingerprint density at radius 3 is 2.31 bits per heavy atom. The minimum absolute atomic E-state index is 0. The summed E-state index contributed by atoms with van der Waals surface area (Å²) < 4.78 is 23.8. The number of hydrogen-bond donors (Lipinski definition) is 2. The topological polar surface area (TPSA) is 89.3 Å². The van der Waals surface area contributed by atoms with Gasteiger partial charge in [0.05, 0.1) is 17.0 Å². The normalized spacial score (nSPS) is 13.4. The average Bonchev–Trinajstić information content (AvgIpc) is 2.52. The van der Waals surface area contributed by atoms with Crippen molar-refractivity contribution in [3.63, 3.8) is 0 Å². The third-order valence-electron chi connectivity index (χ3n) is 4.06. The number of nitrogens with two attached hydrogens (primary N) is 1. The fourth-order valence-electron chi connectivity index (χ4n) is 2.69. The van der Waals surface area contributed by atoms with Crippen LogP contribution in [0.25, 0.3) is 0 Å². The highest BCUT2D eigenvalue weighted by molar-refractivity contribution is 7.90. The van der Waals surface area contributed by atoms with Crippen molar-refractivity contribution in [2.75, 3.05) is 6.26 Å². The van der Waals surface area contributed by atoms with E-state index in [1.807, 2.05) is 32.0 Å². The molecular weight excluding hydrogens is 372 g/mol. The van der Waals surface area contributed by atoms with E-state index in [1.54, 1.807) is 31.2 Å². The van der Waals surface area contributed by atoms with Crippen molar-refractivity contribution in [2.45, 2.75) is 37.8 Å². The van der Waals surface area contributed by atoms with Gasteiger partial charge in [-0.2, -0.15) is 0 Å². The number of benzene rings is 2. The molecule has 7 heteroatoms. The zero-order valence-corrected chi connectivity index (χ0v) is 16.9. The van der Waals surface area contributed by atoms with Crippen LogP contribution in [0.5, 0.6) is 0 Å². The second kappa shape index (κ2) is 8.66. The minimum Gasteiger partial charge on any atom is -0.344 e. The molecule has 0 saturated heterocycles. The number of halogens is 1. The van der Waals surface area contributed by atoms with Gasteiger partial charge in [-0.1, -0.05) is 35.9 Å². The standard InChI is InChI=1S/C19H24N2O3S.ClH/c1-12-8-9-17(13(2)10-12)18(21-19(22)14(3)20)15-6-5-7-16(11-15)25(4,23)24;/h5-11,14,18H,20H2,1-4H3,(H,21,22);1H/t14-,18?;/m1./s1. The maximum Gasteiger partial charge on any atom is 0.237 e. The zero-order valence-electron chi connectivity index (χ0n) is 15.3. The Kier molecular flexibility index (Phi) is 7.38. The zero-order chi connectivity index (χ0) is 18.8. The second-order valence-corrected chi connectivity index (χ2v) is 8.45. The number of nitrogens with one attached hydrogen (secondary N) is 1. The number of hydrogen-bond acceptors (Lipinski definition) is 4. The molecule has 0 aliphatic carbocycles. The van der Waals surface area contributed by atoms with Crippen LogP contribution in [0.1, 0.15) is 35.2 Å². The lowest BCUT2D eigenvalue weighted by molar-refractivity contribution is -0.122. The number of amides is 1. The van der Waals surface area contributed by atoms with E-state index in [0.717, 1.165) is 16.7 Å². The van der Waals surface area contributed by atoms with Crippen LogP contribution in [-0.2, 0) is 14.6 Å². The number of sulfone groups is 1. The maximum atomic E-state index is 12.2. The molecule has 0 bridgehead atoms. The quantitative estimate of drug-likeness (QED) is 0.813. The molecule has 3 N–H and O–H groups in total. The summed E-state index contributed by atoms with van der Waals surface area (Å²) in [6, 6.07) is 11.4. The van der Waals surface area contributed by atoms with E-state index >= 15 is 0 Å². The molecule has 1 unspecified atom stereocenters. The molecule has 5 nitrogen and oxygen atoms in total. The molecule has 0 fully saturated rings. The van der Waals surface area contributed by atoms with E-state index in [0.29, 0.717) is 5.56 Å². The molecule has 0 radical (unpaired) electrons. The lowest BCUT2D eigenvalue weighted by Gasteiger charge is -2.23. The number of carbonyl (C=O) groups is 1. The Bertz CT molecular complexity index is 895. The van der Waals surface area contributed by atoms with Gasteiger partial charge in [0.1, 0.15) is 0 Å². The molecule has 2 rings (SSSR count). The van der Waals surface area contributed by atoms with Gasteiger partial charge < -0.3 is 11.1 Å². The molecule has 2 atom stereocenters. The summed E-state index contributed by atoms with van der Waals surface area (Å²) in [5.74, 6) is -0.297. The third-order valence-corrected chi connectivity index (χ3v) is 5.17. The molecule has 2 aromatic rings. The highest BCUT2D eigenvalue weighted by atomic mass is 35.5. The van der Waals surface area contributed by atoms with Crippen molar-refractivity contribution < 1.29 is 13.2 Å². The fourth-order valence-corrected chi connectivity index (χ4v) is 3.36. The van der Waals surface area contributed by atoms with Gasteiger partial charge in [-0.15, -0.1) is 12.4 Å². The largest absolute Gasteiger partial charge is 0.344 e. The van der Waals surface area contributed by atoms with E-state index in [9.17, 15) is 13.2 Å². The van der Waals surface area contributed by atoms with Crippen LogP contribution in [0.15, 0.2) is 47.4 Å². The smallest absolute Gasteiger partial charge is 0.237 e. The Hall–Kier alpha value is -1.89. The van der Waals surface area contributed by atoms with Gasteiger partial charge in [-0.25, -0.2) is 8.42 Å². The van der Waals surface area contributed by atoms with Crippen molar-refractivity contribution in [2.24, 2.45) is 5.73 Å². The van der Waals surface area contributed by atoms with Crippen molar-refractivity contribution in [1.82, 2.24) is 5.32 Å². The van der Waals surface area contributed by atoms with Crippen LogP contribution in [0.3, 0.4) is 0 Å². The monoisotopic (exact) mass is 396 g/mol. The second-order valence-electron chi connectivity index (χ2n) is 6.43. The first-order valence-corrected chi connectivity index (χ1v) is 9.92. The molecular formula is C19H25ClN2O3S. The SMILES string of the molecule is Cc1ccc(C(NC(=O)[C@@H](C)N)c2cccc(S(C)(=O)=O)c2)c(C)c1.Cl. The molecule has 2 aromatic carbocycles. The van der Waals surface area contributed by atoms with Crippen molar-refractivity contribution in [3.05, 3.63) is 64.7 Å². The van der Waals surface area contributed by atoms with E-state index in [-0.39, 0.29) is 23.2 Å². The van der Waals surface area contributed by atoms with Gasteiger partial charge in [-0.3, -0.25) is 4.79 Å². The molecule has 0 heterocycles.